The fraction of sp³-hybridized carbons (Fsp3) is 0.737. The van der Waals surface area contributed by atoms with Crippen molar-refractivity contribution in [3.8, 4) is 0 Å². The van der Waals surface area contributed by atoms with Crippen LogP contribution >= 0.6 is 24.0 Å². The van der Waals surface area contributed by atoms with E-state index in [4.69, 9.17) is 0 Å². The topological polar surface area (TPSA) is 69.0 Å². The van der Waals surface area contributed by atoms with Crippen LogP contribution in [-0.2, 0) is 11.8 Å². The molecule has 156 valence electrons. The van der Waals surface area contributed by atoms with E-state index in [-0.39, 0.29) is 29.9 Å². The summed E-state index contributed by atoms with van der Waals surface area (Å²) < 4.78 is 1.72. The van der Waals surface area contributed by atoms with E-state index in [1.165, 1.54) is 32.2 Å². The molecule has 2 heterocycles. The van der Waals surface area contributed by atoms with E-state index in [1.54, 1.807) is 22.8 Å². The Labute approximate surface area is 184 Å². The molecular formula is C19H32IN7O. The normalized spacial score (nSPS) is 20.5. The van der Waals surface area contributed by atoms with Crippen LogP contribution in [-0.4, -0.2) is 83.8 Å². The molecule has 3 aliphatic rings. The summed E-state index contributed by atoms with van der Waals surface area (Å²) in [6, 6.07) is 0.805. The molecule has 28 heavy (non-hydrogen) atoms. The number of anilines is 1. The van der Waals surface area contributed by atoms with Gasteiger partial charge in [0.2, 0.25) is 5.91 Å². The van der Waals surface area contributed by atoms with Crippen LogP contribution in [0, 0.1) is 5.92 Å². The highest BCUT2D eigenvalue weighted by Crippen LogP contribution is 2.34. The van der Waals surface area contributed by atoms with E-state index in [0.717, 1.165) is 43.2 Å². The minimum Gasteiger partial charge on any atom is -0.355 e. The second-order valence-corrected chi connectivity index (χ2v) is 7.98. The van der Waals surface area contributed by atoms with Gasteiger partial charge in [0.25, 0.3) is 0 Å². The number of amides is 1. The summed E-state index contributed by atoms with van der Waals surface area (Å²) in [6.45, 7) is 4.97. The standard InChI is InChI=1S/C19H31N7O.HI/c1-20-19(21-7-8-24(16-5-6-16)12-15-3-4-15)25-9-10-26(18(27)14-25)17-11-22-23(2)13-17;/h11,13,15-16H,3-10,12,14H2,1-2H3,(H,20,21);1H. The minimum atomic E-state index is 0. The summed E-state index contributed by atoms with van der Waals surface area (Å²) in [5.74, 6) is 1.85. The van der Waals surface area contributed by atoms with Gasteiger partial charge in [-0.25, -0.2) is 0 Å². The maximum Gasteiger partial charge on any atom is 0.246 e. The van der Waals surface area contributed by atoms with E-state index < -0.39 is 0 Å². The zero-order chi connectivity index (χ0) is 18.8. The Hall–Kier alpha value is -1.36. The van der Waals surface area contributed by atoms with Crippen LogP contribution in [0.1, 0.15) is 25.7 Å². The quantitative estimate of drug-likeness (QED) is 0.345. The molecule has 4 rings (SSSR count). The second kappa shape index (κ2) is 9.43. The number of carbonyl (C=O) groups is 1. The lowest BCUT2D eigenvalue weighted by Crippen LogP contribution is -2.56. The van der Waals surface area contributed by atoms with Crippen molar-refractivity contribution in [1.82, 2.24) is 24.9 Å². The molecule has 1 amide bonds. The molecule has 0 aromatic carbocycles. The fourth-order valence-corrected chi connectivity index (χ4v) is 3.81. The first-order chi connectivity index (χ1) is 13.1. The van der Waals surface area contributed by atoms with E-state index in [9.17, 15) is 4.79 Å². The first-order valence-corrected chi connectivity index (χ1v) is 10.1. The molecule has 2 aliphatic carbocycles. The number of nitrogens with one attached hydrogen (secondary N) is 1. The molecule has 1 N–H and O–H groups in total. The smallest absolute Gasteiger partial charge is 0.246 e. The summed E-state index contributed by atoms with van der Waals surface area (Å²) in [4.78, 5) is 23.5. The van der Waals surface area contributed by atoms with Crippen molar-refractivity contribution >= 4 is 41.5 Å². The van der Waals surface area contributed by atoms with E-state index in [0.29, 0.717) is 13.1 Å². The minimum absolute atomic E-state index is 0. The number of carbonyl (C=O) groups excluding carboxylic acids is 1. The molecule has 0 bridgehead atoms. The van der Waals surface area contributed by atoms with Crippen molar-refractivity contribution in [2.75, 3.05) is 51.2 Å². The number of hydrogen-bond acceptors (Lipinski definition) is 4. The Balaban J connectivity index is 0.00000225. The predicted molar refractivity (Wildman–Crippen MR) is 121 cm³/mol. The second-order valence-electron chi connectivity index (χ2n) is 7.98. The van der Waals surface area contributed by atoms with Crippen LogP contribution in [0.4, 0.5) is 5.69 Å². The number of rotatable bonds is 7. The molecular weight excluding hydrogens is 469 g/mol. The Morgan fingerprint density at radius 1 is 1.32 bits per heavy atom. The highest BCUT2D eigenvalue weighted by atomic mass is 127. The van der Waals surface area contributed by atoms with Crippen LogP contribution in [0.5, 0.6) is 0 Å². The lowest BCUT2D eigenvalue weighted by Gasteiger charge is -2.35. The van der Waals surface area contributed by atoms with E-state index in [2.05, 4.69) is 25.2 Å². The van der Waals surface area contributed by atoms with Crippen LogP contribution in [0.2, 0.25) is 0 Å². The molecule has 0 radical (unpaired) electrons. The Bertz CT molecular complexity index is 698. The summed E-state index contributed by atoms with van der Waals surface area (Å²) in [6.07, 6.45) is 9.14. The Morgan fingerprint density at radius 3 is 2.68 bits per heavy atom. The Morgan fingerprint density at radius 2 is 2.11 bits per heavy atom. The van der Waals surface area contributed by atoms with Crippen molar-refractivity contribution in [2.24, 2.45) is 18.0 Å². The third-order valence-corrected chi connectivity index (χ3v) is 5.67. The van der Waals surface area contributed by atoms with Crippen LogP contribution in [0.3, 0.4) is 0 Å². The van der Waals surface area contributed by atoms with Gasteiger partial charge in [0, 0.05) is 59.1 Å². The van der Waals surface area contributed by atoms with Gasteiger partial charge in [-0.15, -0.1) is 24.0 Å². The van der Waals surface area contributed by atoms with Gasteiger partial charge in [0.15, 0.2) is 5.96 Å². The number of piperazine rings is 1. The predicted octanol–water partition coefficient (Wildman–Crippen LogP) is 1.14. The maximum absolute atomic E-state index is 12.6. The van der Waals surface area contributed by atoms with Gasteiger partial charge in [-0.05, 0) is 31.6 Å². The van der Waals surface area contributed by atoms with Gasteiger partial charge < -0.3 is 15.1 Å². The highest BCUT2D eigenvalue weighted by Gasteiger charge is 2.33. The first-order valence-electron chi connectivity index (χ1n) is 10.1. The molecule has 0 unspecified atom stereocenters. The number of aryl methyl sites for hydroxylation is 1. The molecule has 3 fully saturated rings. The molecule has 0 spiro atoms. The third kappa shape index (κ3) is 5.37. The molecule has 1 aromatic heterocycles. The molecule has 1 saturated heterocycles. The van der Waals surface area contributed by atoms with Crippen LogP contribution in [0.15, 0.2) is 17.4 Å². The molecule has 0 atom stereocenters. The van der Waals surface area contributed by atoms with Crippen molar-refractivity contribution in [2.45, 2.75) is 31.7 Å². The van der Waals surface area contributed by atoms with Gasteiger partial charge in [-0.1, -0.05) is 0 Å². The van der Waals surface area contributed by atoms with Gasteiger partial charge >= 0.3 is 0 Å². The number of guanidine groups is 1. The number of hydrogen-bond donors (Lipinski definition) is 1. The zero-order valence-electron chi connectivity index (χ0n) is 16.9. The van der Waals surface area contributed by atoms with Gasteiger partial charge in [-0.2, -0.15) is 5.10 Å². The third-order valence-electron chi connectivity index (χ3n) is 5.67. The van der Waals surface area contributed by atoms with E-state index >= 15 is 0 Å². The molecule has 9 heteroatoms. The lowest BCUT2D eigenvalue weighted by molar-refractivity contribution is -0.120. The number of aliphatic imine (C=N–C) groups is 1. The largest absolute Gasteiger partial charge is 0.355 e. The monoisotopic (exact) mass is 501 g/mol. The summed E-state index contributed by atoms with van der Waals surface area (Å²) in [7, 11) is 3.66. The number of nitrogens with zero attached hydrogens (tertiary/aromatic N) is 6. The molecule has 2 saturated carbocycles. The molecule has 1 aliphatic heterocycles. The summed E-state index contributed by atoms with van der Waals surface area (Å²) in [5.41, 5.74) is 0.866. The van der Waals surface area contributed by atoms with Gasteiger partial charge in [-0.3, -0.25) is 19.4 Å². The number of aromatic nitrogens is 2. The van der Waals surface area contributed by atoms with Crippen molar-refractivity contribution in [3.05, 3.63) is 12.4 Å². The van der Waals surface area contributed by atoms with Crippen LogP contribution < -0.4 is 10.2 Å². The summed E-state index contributed by atoms with van der Waals surface area (Å²) in [5, 5.41) is 7.64. The zero-order valence-corrected chi connectivity index (χ0v) is 19.2. The Kier molecular flexibility index (Phi) is 7.19. The van der Waals surface area contributed by atoms with Gasteiger partial charge in [0.1, 0.15) is 6.54 Å². The maximum atomic E-state index is 12.6. The van der Waals surface area contributed by atoms with Crippen molar-refractivity contribution in [3.63, 3.8) is 0 Å². The molecule has 1 aromatic rings. The first kappa shape index (κ1) is 21.4. The van der Waals surface area contributed by atoms with E-state index in [1.807, 2.05) is 13.2 Å². The average molecular weight is 501 g/mol. The SMILES string of the molecule is CN=C(NCCN(CC1CC1)C1CC1)N1CCN(c2cnn(C)c2)C(=O)C1.I. The van der Waals surface area contributed by atoms with Crippen molar-refractivity contribution < 1.29 is 4.79 Å². The summed E-state index contributed by atoms with van der Waals surface area (Å²) >= 11 is 0. The van der Waals surface area contributed by atoms with Gasteiger partial charge in [0.05, 0.1) is 11.9 Å². The van der Waals surface area contributed by atoms with Crippen LogP contribution in [0.25, 0.3) is 0 Å². The molecule has 8 nitrogen and oxygen atoms in total. The fourth-order valence-electron chi connectivity index (χ4n) is 3.81. The lowest BCUT2D eigenvalue weighted by atomic mass is 10.3. The average Bonchev–Trinajstić information content (AvgIpc) is 3.57. The highest BCUT2D eigenvalue weighted by molar-refractivity contribution is 14.0. The number of halogens is 1. The van der Waals surface area contributed by atoms with Crippen molar-refractivity contribution in [1.29, 1.82) is 0 Å².